The van der Waals surface area contributed by atoms with Crippen LogP contribution in [0.2, 0.25) is 0 Å². The van der Waals surface area contributed by atoms with Gasteiger partial charge in [0.05, 0.1) is 0 Å². The molecule has 0 saturated heterocycles. The molecule has 0 bridgehead atoms. The molecular formula is C13H23NO2. The van der Waals surface area contributed by atoms with E-state index in [0.29, 0.717) is 6.42 Å². The van der Waals surface area contributed by atoms with E-state index in [0.717, 1.165) is 18.7 Å². The predicted molar refractivity (Wildman–Crippen MR) is 67.2 cm³/mol. The Morgan fingerprint density at radius 1 is 1.06 bits per heavy atom. The van der Waals surface area contributed by atoms with E-state index in [1.165, 1.54) is 0 Å². The van der Waals surface area contributed by atoms with E-state index in [1.54, 1.807) is 0 Å². The van der Waals surface area contributed by atoms with Crippen molar-refractivity contribution in [1.82, 2.24) is 4.90 Å². The maximum Gasteiger partial charge on any atom is 0.155 e. The molecule has 0 amide bonds. The van der Waals surface area contributed by atoms with Gasteiger partial charge >= 0.3 is 0 Å². The Balaban J connectivity index is 0.000000325. The minimum atomic E-state index is -1.23. The van der Waals surface area contributed by atoms with Crippen LogP contribution in [0.5, 0.6) is 0 Å². The van der Waals surface area contributed by atoms with Gasteiger partial charge in [0.1, 0.15) is 0 Å². The average Bonchev–Trinajstić information content (AvgIpc) is 2.29. The maximum atomic E-state index is 8.56. The van der Waals surface area contributed by atoms with Crippen molar-refractivity contribution in [1.29, 1.82) is 0 Å². The summed E-state index contributed by atoms with van der Waals surface area (Å²) in [6, 6.07) is 9.36. The minimum absolute atomic E-state index is 0.306. The lowest BCUT2D eigenvalue weighted by Gasteiger charge is -2.07. The molecule has 1 aromatic carbocycles. The highest BCUT2D eigenvalue weighted by Crippen LogP contribution is 2.00. The highest BCUT2D eigenvalue weighted by molar-refractivity contribution is 5.14. The van der Waals surface area contributed by atoms with Crippen LogP contribution in [0, 0.1) is 0 Å². The fourth-order valence-corrected chi connectivity index (χ4v) is 1.05. The summed E-state index contributed by atoms with van der Waals surface area (Å²) in [6.45, 7) is 6.64. The lowest BCUT2D eigenvalue weighted by molar-refractivity contribution is -0.0381. The van der Waals surface area contributed by atoms with Gasteiger partial charge in [0, 0.05) is 6.42 Å². The van der Waals surface area contributed by atoms with E-state index in [-0.39, 0.29) is 0 Å². The van der Waals surface area contributed by atoms with Crippen LogP contribution in [0.25, 0.3) is 0 Å². The van der Waals surface area contributed by atoms with Gasteiger partial charge in [-0.2, -0.15) is 0 Å². The van der Waals surface area contributed by atoms with E-state index in [2.05, 4.69) is 25.8 Å². The minimum Gasteiger partial charge on any atom is -0.368 e. The van der Waals surface area contributed by atoms with Crippen LogP contribution in [-0.2, 0) is 6.42 Å². The van der Waals surface area contributed by atoms with Crippen molar-refractivity contribution >= 4 is 0 Å². The third-order valence-corrected chi connectivity index (χ3v) is 2.34. The molecule has 0 aliphatic heterocycles. The third kappa shape index (κ3) is 8.41. The van der Waals surface area contributed by atoms with Gasteiger partial charge in [0.25, 0.3) is 0 Å². The Labute approximate surface area is 98.3 Å². The summed E-state index contributed by atoms with van der Waals surface area (Å²) in [5.41, 5.74) is 0.942. The van der Waals surface area contributed by atoms with Crippen LogP contribution in [0.1, 0.15) is 19.4 Å². The smallest absolute Gasteiger partial charge is 0.155 e. The summed E-state index contributed by atoms with van der Waals surface area (Å²) < 4.78 is 0. The molecule has 92 valence electrons. The standard InChI is InChI=1S/C8H10O2.C5H13N/c9-8(10)6-7-4-2-1-3-5-7;1-4-6(3)5-2/h1-5,8-10H,6H2;4-5H2,1-3H3. The van der Waals surface area contributed by atoms with E-state index >= 15 is 0 Å². The highest BCUT2D eigenvalue weighted by atomic mass is 16.5. The molecule has 1 aromatic rings. The fraction of sp³-hybridized carbons (Fsp3) is 0.538. The zero-order valence-electron chi connectivity index (χ0n) is 10.4. The van der Waals surface area contributed by atoms with Crippen molar-refractivity contribution < 1.29 is 10.2 Å². The molecule has 0 unspecified atom stereocenters. The second-order valence-electron chi connectivity index (χ2n) is 3.66. The molecule has 3 nitrogen and oxygen atoms in total. The first-order valence-corrected chi connectivity index (χ1v) is 5.68. The van der Waals surface area contributed by atoms with E-state index in [4.69, 9.17) is 10.2 Å². The quantitative estimate of drug-likeness (QED) is 0.763. The van der Waals surface area contributed by atoms with Crippen LogP contribution < -0.4 is 0 Å². The van der Waals surface area contributed by atoms with E-state index in [1.807, 2.05) is 30.3 Å². The summed E-state index contributed by atoms with van der Waals surface area (Å²) in [7, 11) is 2.11. The number of hydrogen-bond donors (Lipinski definition) is 2. The summed E-state index contributed by atoms with van der Waals surface area (Å²) in [5, 5.41) is 17.1. The van der Waals surface area contributed by atoms with Crippen LogP contribution in [0.3, 0.4) is 0 Å². The van der Waals surface area contributed by atoms with Gasteiger partial charge in [-0.25, -0.2) is 0 Å². The Kier molecular flexibility index (Phi) is 8.81. The van der Waals surface area contributed by atoms with Crippen molar-refractivity contribution in [3.05, 3.63) is 35.9 Å². The number of nitrogens with zero attached hydrogens (tertiary/aromatic N) is 1. The Hall–Kier alpha value is -0.900. The molecule has 16 heavy (non-hydrogen) atoms. The van der Waals surface area contributed by atoms with Crippen LogP contribution in [-0.4, -0.2) is 41.5 Å². The number of hydrogen-bond acceptors (Lipinski definition) is 3. The summed E-state index contributed by atoms with van der Waals surface area (Å²) in [5.74, 6) is 0. The van der Waals surface area contributed by atoms with E-state index in [9.17, 15) is 0 Å². The SMILES string of the molecule is CCN(C)CC.OC(O)Cc1ccccc1. The Morgan fingerprint density at radius 2 is 1.56 bits per heavy atom. The molecule has 0 aromatic heterocycles. The van der Waals surface area contributed by atoms with Crippen LogP contribution in [0.15, 0.2) is 30.3 Å². The zero-order chi connectivity index (χ0) is 12.4. The molecule has 0 fully saturated rings. The Bertz CT molecular complexity index is 245. The van der Waals surface area contributed by atoms with Gasteiger partial charge < -0.3 is 15.1 Å². The Morgan fingerprint density at radius 3 is 1.88 bits per heavy atom. The van der Waals surface area contributed by atoms with Gasteiger partial charge in [0.2, 0.25) is 0 Å². The molecule has 0 heterocycles. The van der Waals surface area contributed by atoms with Gasteiger partial charge in [-0.05, 0) is 25.7 Å². The first-order valence-electron chi connectivity index (χ1n) is 5.68. The van der Waals surface area contributed by atoms with Gasteiger partial charge in [-0.15, -0.1) is 0 Å². The normalized spacial score (nSPS) is 10.2. The second kappa shape index (κ2) is 9.33. The van der Waals surface area contributed by atoms with Crippen molar-refractivity contribution in [3.63, 3.8) is 0 Å². The second-order valence-corrected chi connectivity index (χ2v) is 3.66. The summed E-state index contributed by atoms with van der Waals surface area (Å²) in [4.78, 5) is 2.25. The number of aliphatic hydroxyl groups is 2. The first-order chi connectivity index (χ1) is 7.60. The fourth-order valence-electron chi connectivity index (χ4n) is 1.05. The number of rotatable bonds is 4. The van der Waals surface area contributed by atoms with Crippen LogP contribution >= 0.6 is 0 Å². The summed E-state index contributed by atoms with van der Waals surface area (Å²) >= 11 is 0. The molecule has 2 N–H and O–H groups in total. The predicted octanol–water partition coefficient (Wildman–Crippen LogP) is 1.50. The topological polar surface area (TPSA) is 43.7 Å². The summed E-state index contributed by atoms with van der Waals surface area (Å²) in [6.07, 6.45) is -0.928. The number of aliphatic hydroxyl groups excluding tert-OH is 1. The molecule has 0 aliphatic carbocycles. The third-order valence-electron chi connectivity index (χ3n) is 2.34. The van der Waals surface area contributed by atoms with Gasteiger partial charge in [0.15, 0.2) is 6.29 Å². The van der Waals surface area contributed by atoms with Crippen molar-refractivity contribution in [2.75, 3.05) is 20.1 Å². The molecule has 1 rings (SSSR count). The first kappa shape index (κ1) is 15.1. The van der Waals surface area contributed by atoms with Crippen molar-refractivity contribution in [3.8, 4) is 0 Å². The van der Waals surface area contributed by atoms with Gasteiger partial charge in [-0.3, -0.25) is 0 Å². The van der Waals surface area contributed by atoms with Crippen LogP contribution in [0.4, 0.5) is 0 Å². The largest absolute Gasteiger partial charge is 0.368 e. The van der Waals surface area contributed by atoms with Crippen molar-refractivity contribution in [2.24, 2.45) is 0 Å². The monoisotopic (exact) mass is 225 g/mol. The van der Waals surface area contributed by atoms with Crippen molar-refractivity contribution in [2.45, 2.75) is 26.6 Å². The van der Waals surface area contributed by atoms with Gasteiger partial charge in [-0.1, -0.05) is 44.2 Å². The molecule has 0 saturated carbocycles. The molecule has 0 atom stereocenters. The highest BCUT2D eigenvalue weighted by Gasteiger charge is 1.97. The lowest BCUT2D eigenvalue weighted by atomic mass is 10.1. The average molecular weight is 225 g/mol. The van der Waals surface area contributed by atoms with E-state index < -0.39 is 6.29 Å². The number of benzene rings is 1. The zero-order valence-corrected chi connectivity index (χ0v) is 10.4. The molecule has 3 heteroatoms. The molecule has 0 radical (unpaired) electrons. The lowest BCUT2D eigenvalue weighted by Crippen LogP contribution is -2.15. The molecule has 0 aliphatic rings. The molecular weight excluding hydrogens is 202 g/mol. The molecule has 0 spiro atoms. The maximum absolute atomic E-state index is 8.56.